The first-order valence-corrected chi connectivity index (χ1v) is 9.19. The number of pyridine rings is 1. The third-order valence-corrected chi connectivity index (χ3v) is 5.69. The minimum Gasteiger partial charge on any atom is -0.383 e. The molecule has 0 saturated heterocycles. The number of aromatic amines is 1. The van der Waals surface area contributed by atoms with Gasteiger partial charge < -0.3 is 11.5 Å². The van der Waals surface area contributed by atoms with Gasteiger partial charge in [-0.3, -0.25) is 5.10 Å². The van der Waals surface area contributed by atoms with Crippen LogP contribution in [0.1, 0.15) is 67.0 Å². The monoisotopic (exact) mass is 336 g/mol. The molecule has 1 fully saturated rings. The maximum Gasteiger partial charge on any atom is 0.142 e. The van der Waals surface area contributed by atoms with Crippen LogP contribution in [0.25, 0.3) is 11.1 Å². The van der Waals surface area contributed by atoms with E-state index < -0.39 is 0 Å². The zero-order valence-corrected chi connectivity index (χ0v) is 14.4. The lowest BCUT2D eigenvalue weighted by Crippen LogP contribution is -2.29. The van der Waals surface area contributed by atoms with Crippen molar-refractivity contribution in [3.05, 3.63) is 28.7 Å². The summed E-state index contributed by atoms with van der Waals surface area (Å²) in [6.07, 6.45) is 10.4. The maximum absolute atomic E-state index is 9.73. The largest absolute Gasteiger partial charge is 0.383 e. The average molecular weight is 336 g/mol. The number of aromatic nitrogens is 3. The second-order valence-corrected chi connectivity index (χ2v) is 7.32. The van der Waals surface area contributed by atoms with Crippen molar-refractivity contribution in [3.8, 4) is 17.2 Å². The van der Waals surface area contributed by atoms with Gasteiger partial charge in [0.15, 0.2) is 0 Å². The lowest BCUT2D eigenvalue weighted by Gasteiger charge is -2.26. The summed E-state index contributed by atoms with van der Waals surface area (Å²) in [6, 6.07) is 2.38. The number of fused-ring (bicyclic) bond motifs is 1. The van der Waals surface area contributed by atoms with Crippen molar-refractivity contribution in [3.63, 3.8) is 0 Å². The fourth-order valence-corrected chi connectivity index (χ4v) is 4.41. The average Bonchev–Trinajstić information content (AvgIpc) is 3.11. The lowest BCUT2D eigenvalue weighted by molar-refractivity contribution is 0.437. The minimum atomic E-state index is 0.105. The number of aryl methyl sites for hydroxylation is 1. The van der Waals surface area contributed by atoms with Crippen LogP contribution in [-0.2, 0) is 12.8 Å². The molecule has 4 rings (SSSR count). The summed E-state index contributed by atoms with van der Waals surface area (Å²) in [5.41, 5.74) is 18.0. The van der Waals surface area contributed by atoms with Crippen LogP contribution in [0.4, 0.5) is 5.82 Å². The summed E-state index contributed by atoms with van der Waals surface area (Å²) in [7, 11) is 0. The van der Waals surface area contributed by atoms with Crippen molar-refractivity contribution in [2.75, 3.05) is 5.73 Å². The van der Waals surface area contributed by atoms with Gasteiger partial charge in [0, 0.05) is 34.5 Å². The molecule has 0 amide bonds. The van der Waals surface area contributed by atoms with Crippen molar-refractivity contribution < 1.29 is 0 Å². The first kappa shape index (κ1) is 16.1. The highest BCUT2D eigenvalue weighted by Crippen LogP contribution is 2.41. The Hall–Kier alpha value is -2.39. The number of nitrogens with one attached hydrogen (secondary N) is 1. The van der Waals surface area contributed by atoms with E-state index in [0.29, 0.717) is 17.3 Å². The van der Waals surface area contributed by atoms with Crippen LogP contribution in [-0.4, -0.2) is 21.2 Å². The molecule has 1 atom stereocenters. The zero-order chi connectivity index (χ0) is 17.4. The quantitative estimate of drug-likeness (QED) is 0.779. The van der Waals surface area contributed by atoms with E-state index in [-0.39, 0.29) is 6.04 Å². The fourth-order valence-electron chi connectivity index (χ4n) is 4.41. The Morgan fingerprint density at radius 2 is 2.00 bits per heavy atom. The van der Waals surface area contributed by atoms with E-state index in [1.54, 1.807) is 0 Å². The molecule has 6 heteroatoms. The molecule has 25 heavy (non-hydrogen) atoms. The molecule has 1 saturated carbocycles. The van der Waals surface area contributed by atoms with Gasteiger partial charge in [0.1, 0.15) is 17.5 Å². The number of nitrogen functional groups attached to an aromatic ring is 1. The lowest BCUT2D eigenvalue weighted by atomic mass is 9.81. The van der Waals surface area contributed by atoms with Crippen LogP contribution < -0.4 is 11.5 Å². The minimum absolute atomic E-state index is 0.105. The van der Waals surface area contributed by atoms with Gasteiger partial charge in [0.2, 0.25) is 0 Å². The Balaban J connectivity index is 1.90. The molecule has 0 aliphatic heterocycles. The summed E-state index contributed by atoms with van der Waals surface area (Å²) in [6.45, 7) is 0. The summed E-state index contributed by atoms with van der Waals surface area (Å²) in [5, 5.41) is 17.3. The summed E-state index contributed by atoms with van der Waals surface area (Å²) in [4.78, 5) is 4.50. The van der Waals surface area contributed by atoms with Crippen molar-refractivity contribution >= 4 is 5.82 Å². The topological polar surface area (TPSA) is 117 Å². The Kier molecular flexibility index (Phi) is 4.18. The van der Waals surface area contributed by atoms with E-state index in [4.69, 9.17) is 11.5 Å². The molecular weight excluding hydrogens is 312 g/mol. The van der Waals surface area contributed by atoms with Crippen molar-refractivity contribution in [1.29, 1.82) is 5.26 Å². The third-order valence-electron chi connectivity index (χ3n) is 5.69. The first-order valence-electron chi connectivity index (χ1n) is 9.19. The molecule has 5 N–H and O–H groups in total. The van der Waals surface area contributed by atoms with Gasteiger partial charge in [-0.2, -0.15) is 10.4 Å². The number of hydrogen-bond acceptors (Lipinski definition) is 5. The molecule has 0 spiro atoms. The predicted octanol–water partition coefficient (Wildman–Crippen LogP) is 2.79. The number of H-pyrrole nitrogens is 1. The second-order valence-electron chi connectivity index (χ2n) is 7.32. The molecule has 0 bridgehead atoms. The number of hydrogen-bond donors (Lipinski definition) is 3. The van der Waals surface area contributed by atoms with Crippen molar-refractivity contribution in [1.82, 2.24) is 15.2 Å². The van der Waals surface area contributed by atoms with E-state index in [1.807, 2.05) is 6.20 Å². The van der Waals surface area contributed by atoms with E-state index in [9.17, 15) is 5.26 Å². The van der Waals surface area contributed by atoms with Crippen molar-refractivity contribution in [2.45, 2.75) is 63.3 Å². The molecular formula is C19H24N6. The zero-order valence-electron chi connectivity index (χ0n) is 14.4. The maximum atomic E-state index is 9.73. The highest BCUT2D eigenvalue weighted by molar-refractivity contribution is 5.80. The third kappa shape index (κ3) is 2.79. The molecule has 0 radical (unpaired) electrons. The number of nitrogens with zero attached hydrogens (tertiary/aromatic N) is 3. The summed E-state index contributed by atoms with van der Waals surface area (Å²) < 4.78 is 0. The molecule has 2 aromatic heterocycles. The summed E-state index contributed by atoms with van der Waals surface area (Å²) >= 11 is 0. The van der Waals surface area contributed by atoms with Gasteiger partial charge in [-0.25, -0.2) is 4.98 Å². The molecule has 6 nitrogen and oxygen atoms in total. The second kappa shape index (κ2) is 6.49. The number of nitriles is 1. The van der Waals surface area contributed by atoms with Crippen LogP contribution >= 0.6 is 0 Å². The highest BCUT2D eigenvalue weighted by Gasteiger charge is 2.29. The smallest absolute Gasteiger partial charge is 0.142 e. The molecule has 0 unspecified atom stereocenters. The van der Waals surface area contributed by atoms with Gasteiger partial charge in [0.05, 0.1) is 6.20 Å². The molecule has 2 aromatic rings. The van der Waals surface area contributed by atoms with Crippen LogP contribution in [0.5, 0.6) is 0 Å². The Morgan fingerprint density at radius 3 is 2.76 bits per heavy atom. The molecule has 2 heterocycles. The highest BCUT2D eigenvalue weighted by atomic mass is 15.1. The van der Waals surface area contributed by atoms with E-state index in [2.05, 4.69) is 21.3 Å². The number of nitrogens with two attached hydrogens (primary N) is 2. The molecule has 130 valence electrons. The SMILES string of the molecule is N#Cc1c(N)nc2c(c1-c1cn[nH]c1C1CCCCC1)C[C@H](N)CC2. The van der Waals surface area contributed by atoms with E-state index in [1.165, 1.54) is 32.1 Å². The van der Waals surface area contributed by atoms with Gasteiger partial charge in [0.25, 0.3) is 0 Å². The van der Waals surface area contributed by atoms with Crippen LogP contribution in [0.3, 0.4) is 0 Å². The number of rotatable bonds is 2. The van der Waals surface area contributed by atoms with E-state index >= 15 is 0 Å². The normalized spacial score (nSPS) is 20.9. The molecule has 2 aliphatic rings. The van der Waals surface area contributed by atoms with Gasteiger partial charge >= 0.3 is 0 Å². The molecule has 0 aromatic carbocycles. The standard InChI is InChI=1S/C19H24N6/c20-9-14-17(13-8-12(21)6-7-16(13)24-19(14)22)15-10-23-25-18(15)11-4-2-1-3-5-11/h10-12H,1-8,21H2,(H2,22,24)(H,23,25)/t12-/m1/s1. The Labute approximate surface area is 147 Å². The van der Waals surface area contributed by atoms with Crippen LogP contribution in [0, 0.1) is 11.3 Å². The van der Waals surface area contributed by atoms with E-state index in [0.717, 1.165) is 47.3 Å². The van der Waals surface area contributed by atoms with Gasteiger partial charge in [-0.15, -0.1) is 0 Å². The van der Waals surface area contributed by atoms with Gasteiger partial charge in [-0.1, -0.05) is 19.3 Å². The van der Waals surface area contributed by atoms with Crippen molar-refractivity contribution in [2.24, 2.45) is 5.73 Å². The number of anilines is 1. The summed E-state index contributed by atoms with van der Waals surface area (Å²) in [5.74, 6) is 0.794. The molecule has 2 aliphatic carbocycles. The Bertz CT molecular complexity index is 825. The van der Waals surface area contributed by atoms with Gasteiger partial charge in [-0.05, 0) is 37.7 Å². The van der Waals surface area contributed by atoms with Crippen LogP contribution in [0.15, 0.2) is 6.20 Å². The Morgan fingerprint density at radius 1 is 1.20 bits per heavy atom. The fraction of sp³-hybridized carbons (Fsp3) is 0.526. The van der Waals surface area contributed by atoms with Crippen LogP contribution in [0.2, 0.25) is 0 Å². The predicted molar refractivity (Wildman–Crippen MR) is 96.8 cm³/mol. The first-order chi connectivity index (χ1) is 12.2.